The van der Waals surface area contributed by atoms with E-state index in [-0.39, 0.29) is 6.04 Å². The Morgan fingerprint density at radius 2 is 2.40 bits per heavy atom. The van der Waals surface area contributed by atoms with Crippen LogP contribution in [0.1, 0.15) is 23.4 Å². The molecule has 0 bridgehead atoms. The topological polar surface area (TPSA) is 56.7 Å². The Hall–Kier alpha value is -1.20. The molecule has 5 heteroatoms. The van der Waals surface area contributed by atoms with Gasteiger partial charge in [0.25, 0.3) is 0 Å². The minimum absolute atomic E-state index is 0.0343. The van der Waals surface area contributed by atoms with Crippen LogP contribution >= 0.6 is 11.3 Å². The highest BCUT2D eigenvalue weighted by atomic mass is 32.1. The Morgan fingerprint density at radius 3 is 3.00 bits per heavy atom. The minimum Gasteiger partial charge on any atom is -0.323 e. The van der Waals surface area contributed by atoms with Crippen LogP contribution in [0.5, 0.6) is 0 Å². The van der Waals surface area contributed by atoms with Crippen molar-refractivity contribution >= 4 is 11.3 Å². The molecule has 4 nitrogen and oxygen atoms in total. The minimum atomic E-state index is 0.0343. The standard InChI is InChI=1S/C10H14N4S/c1-2-14-6-8(4-13-14)3-9(11)10-5-12-7-15-10/h4-7,9H,2-3,11H2,1H3. The molecule has 0 spiro atoms. The number of nitrogens with two attached hydrogens (primary N) is 1. The summed E-state index contributed by atoms with van der Waals surface area (Å²) in [7, 11) is 0. The molecule has 2 rings (SSSR count). The van der Waals surface area contributed by atoms with Gasteiger partial charge in [-0.15, -0.1) is 11.3 Å². The fourth-order valence-electron chi connectivity index (χ4n) is 1.45. The second-order valence-corrected chi connectivity index (χ2v) is 4.34. The summed E-state index contributed by atoms with van der Waals surface area (Å²) in [5.74, 6) is 0. The third-order valence-electron chi connectivity index (χ3n) is 2.28. The van der Waals surface area contributed by atoms with Crippen LogP contribution < -0.4 is 5.73 Å². The number of nitrogens with zero attached hydrogens (tertiary/aromatic N) is 3. The van der Waals surface area contributed by atoms with Crippen molar-refractivity contribution in [1.29, 1.82) is 0 Å². The average molecular weight is 222 g/mol. The van der Waals surface area contributed by atoms with Gasteiger partial charge in [0.15, 0.2) is 0 Å². The maximum Gasteiger partial charge on any atom is 0.0794 e. The lowest BCUT2D eigenvalue weighted by atomic mass is 10.1. The van der Waals surface area contributed by atoms with Crippen LogP contribution in [0.4, 0.5) is 0 Å². The Labute approximate surface area is 92.8 Å². The van der Waals surface area contributed by atoms with Gasteiger partial charge in [0.05, 0.1) is 11.7 Å². The van der Waals surface area contributed by atoms with Crippen molar-refractivity contribution in [3.8, 4) is 0 Å². The highest BCUT2D eigenvalue weighted by molar-refractivity contribution is 7.09. The van der Waals surface area contributed by atoms with Gasteiger partial charge in [-0.05, 0) is 18.9 Å². The summed E-state index contributed by atoms with van der Waals surface area (Å²) in [5.41, 5.74) is 9.04. The Balaban J connectivity index is 2.02. The van der Waals surface area contributed by atoms with Crippen molar-refractivity contribution in [3.63, 3.8) is 0 Å². The van der Waals surface area contributed by atoms with Gasteiger partial charge < -0.3 is 5.73 Å². The Kier molecular flexibility index (Phi) is 3.13. The van der Waals surface area contributed by atoms with Crippen LogP contribution in [0.2, 0.25) is 0 Å². The van der Waals surface area contributed by atoms with Crippen molar-refractivity contribution < 1.29 is 0 Å². The molecule has 0 saturated carbocycles. The fourth-order valence-corrected chi connectivity index (χ4v) is 2.07. The summed E-state index contributed by atoms with van der Waals surface area (Å²) in [6.45, 7) is 2.97. The number of hydrogen-bond acceptors (Lipinski definition) is 4. The third kappa shape index (κ3) is 2.43. The number of rotatable bonds is 4. The van der Waals surface area contributed by atoms with E-state index in [9.17, 15) is 0 Å². The van der Waals surface area contributed by atoms with Crippen molar-refractivity contribution in [2.24, 2.45) is 5.73 Å². The molecule has 80 valence electrons. The van der Waals surface area contributed by atoms with Gasteiger partial charge in [0.2, 0.25) is 0 Å². The summed E-state index contributed by atoms with van der Waals surface area (Å²) < 4.78 is 1.91. The molecule has 1 unspecified atom stereocenters. The largest absolute Gasteiger partial charge is 0.323 e. The molecule has 2 N–H and O–H groups in total. The summed E-state index contributed by atoms with van der Waals surface area (Å²) in [6, 6.07) is 0.0343. The van der Waals surface area contributed by atoms with Gasteiger partial charge in [-0.25, -0.2) is 0 Å². The molecule has 0 aliphatic heterocycles. The molecule has 0 aliphatic carbocycles. The molecule has 0 fully saturated rings. The highest BCUT2D eigenvalue weighted by Crippen LogP contribution is 2.18. The van der Waals surface area contributed by atoms with E-state index >= 15 is 0 Å². The molecule has 0 saturated heterocycles. The van der Waals surface area contributed by atoms with Crippen LogP contribution in [0.25, 0.3) is 0 Å². The lowest BCUT2D eigenvalue weighted by Crippen LogP contribution is -2.11. The first-order valence-electron chi connectivity index (χ1n) is 4.95. The van der Waals surface area contributed by atoms with Crippen molar-refractivity contribution in [2.45, 2.75) is 25.9 Å². The van der Waals surface area contributed by atoms with Crippen LogP contribution in [0, 0.1) is 0 Å². The zero-order valence-electron chi connectivity index (χ0n) is 8.63. The van der Waals surface area contributed by atoms with Crippen LogP contribution in [0.3, 0.4) is 0 Å². The predicted octanol–water partition coefficient (Wildman–Crippen LogP) is 1.60. The first-order chi connectivity index (χ1) is 7.29. The maximum atomic E-state index is 6.06. The molecule has 1 atom stereocenters. The maximum absolute atomic E-state index is 6.06. The van der Waals surface area contributed by atoms with E-state index in [0.717, 1.165) is 17.8 Å². The van der Waals surface area contributed by atoms with Crippen molar-refractivity contribution in [1.82, 2.24) is 14.8 Å². The second-order valence-electron chi connectivity index (χ2n) is 3.42. The molecule has 2 aromatic heterocycles. The number of thiazole rings is 1. The molecule has 2 aromatic rings. The van der Waals surface area contributed by atoms with Gasteiger partial charge in [0, 0.05) is 29.9 Å². The van der Waals surface area contributed by atoms with E-state index < -0.39 is 0 Å². The van der Waals surface area contributed by atoms with Gasteiger partial charge in [-0.3, -0.25) is 9.67 Å². The summed E-state index contributed by atoms with van der Waals surface area (Å²) in [6.07, 6.45) is 6.58. The summed E-state index contributed by atoms with van der Waals surface area (Å²) >= 11 is 1.60. The first-order valence-corrected chi connectivity index (χ1v) is 5.83. The van der Waals surface area contributed by atoms with Crippen LogP contribution in [-0.4, -0.2) is 14.8 Å². The molecule has 0 radical (unpaired) electrons. The number of aryl methyl sites for hydroxylation is 1. The molecule has 0 aliphatic rings. The fraction of sp³-hybridized carbons (Fsp3) is 0.400. The van der Waals surface area contributed by atoms with E-state index in [1.54, 1.807) is 11.3 Å². The molecular weight excluding hydrogens is 208 g/mol. The highest BCUT2D eigenvalue weighted by Gasteiger charge is 2.09. The SMILES string of the molecule is CCn1cc(CC(N)c2cncs2)cn1. The first kappa shape index (κ1) is 10.3. The molecule has 0 amide bonds. The Morgan fingerprint density at radius 1 is 1.53 bits per heavy atom. The van der Waals surface area contributed by atoms with E-state index in [1.165, 1.54) is 5.56 Å². The molecular formula is C10H14N4S. The monoisotopic (exact) mass is 222 g/mol. The number of aromatic nitrogens is 3. The van der Waals surface area contributed by atoms with Crippen molar-refractivity contribution in [3.05, 3.63) is 34.5 Å². The van der Waals surface area contributed by atoms with Gasteiger partial charge in [0.1, 0.15) is 0 Å². The molecule has 2 heterocycles. The molecule has 15 heavy (non-hydrogen) atoms. The summed E-state index contributed by atoms with van der Waals surface area (Å²) in [5, 5.41) is 4.22. The zero-order valence-corrected chi connectivity index (χ0v) is 9.44. The van der Waals surface area contributed by atoms with Gasteiger partial charge >= 0.3 is 0 Å². The van der Waals surface area contributed by atoms with E-state index in [0.29, 0.717) is 0 Å². The van der Waals surface area contributed by atoms with Gasteiger partial charge in [-0.2, -0.15) is 5.10 Å². The lowest BCUT2D eigenvalue weighted by Gasteiger charge is -2.06. The average Bonchev–Trinajstić information content (AvgIpc) is 2.87. The molecule has 0 aromatic carbocycles. The summed E-state index contributed by atoms with van der Waals surface area (Å²) in [4.78, 5) is 5.15. The van der Waals surface area contributed by atoms with E-state index in [2.05, 4.69) is 17.0 Å². The predicted molar refractivity (Wildman–Crippen MR) is 60.6 cm³/mol. The normalized spacial score (nSPS) is 12.9. The van der Waals surface area contributed by atoms with Gasteiger partial charge in [-0.1, -0.05) is 0 Å². The third-order valence-corrected chi connectivity index (χ3v) is 3.19. The zero-order chi connectivity index (χ0) is 10.7. The van der Waals surface area contributed by atoms with Crippen molar-refractivity contribution in [2.75, 3.05) is 0 Å². The Bertz CT molecular complexity index is 407. The number of hydrogen-bond donors (Lipinski definition) is 1. The quantitative estimate of drug-likeness (QED) is 0.855. The lowest BCUT2D eigenvalue weighted by molar-refractivity contribution is 0.657. The smallest absolute Gasteiger partial charge is 0.0794 e. The van der Waals surface area contributed by atoms with E-state index in [4.69, 9.17) is 5.73 Å². The van der Waals surface area contributed by atoms with E-state index in [1.807, 2.05) is 28.8 Å². The van der Waals surface area contributed by atoms with Crippen LogP contribution in [-0.2, 0) is 13.0 Å². The van der Waals surface area contributed by atoms with Crippen LogP contribution in [0.15, 0.2) is 24.1 Å². The second kappa shape index (κ2) is 4.55.